The van der Waals surface area contributed by atoms with E-state index in [4.69, 9.17) is 14.5 Å². The molecule has 1 aromatic rings. The Balaban J connectivity index is 2.39. The highest BCUT2D eigenvalue weighted by atomic mass is 31.3. The summed E-state index contributed by atoms with van der Waals surface area (Å²) in [5.41, 5.74) is -7.55. The Kier molecular flexibility index (Phi) is 8.31. The fraction of sp³-hybridized carbons (Fsp3) is 0.538. The van der Waals surface area contributed by atoms with Gasteiger partial charge in [-0.1, -0.05) is 5.92 Å². The fourth-order valence-electron chi connectivity index (χ4n) is 2.87. The monoisotopic (exact) mass is 554 g/mol. The molecule has 0 aliphatic carbocycles. The van der Waals surface area contributed by atoms with Crippen LogP contribution in [0.5, 0.6) is 0 Å². The van der Waals surface area contributed by atoms with Gasteiger partial charge in [0.25, 0.3) is 5.56 Å². The van der Waals surface area contributed by atoms with Crippen molar-refractivity contribution in [2.75, 3.05) is 13.3 Å². The zero-order valence-electron chi connectivity index (χ0n) is 16.7. The largest absolute Gasteiger partial charge is 0.490 e. The minimum absolute atomic E-state index is 0.525. The van der Waals surface area contributed by atoms with Crippen molar-refractivity contribution in [2.45, 2.75) is 30.5 Å². The van der Waals surface area contributed by atoms with Crippen molar-refractivity contribution < 1.29 is 65.8 Å². The lowest BCUT2D eigenvalue weighted by Crippen LogP contribution is -2.54. The molecule has 2 unspecified atom stereocenters. The zero-order chi connectivity index (χ0) is 26.2. The van der Waals surface area contributed by atoms with Gasteiger partial charge in [0.1, 0.15) is 12.8 Å². The molecule has 1 aliphatic heterocycles. The standard InChI is InChI=1S/C13H18FN2O15P3/c1-2-4-13(20)9(18)12(6-14,29-10(13)16-5-3-8(17)15-11(16)19)7-28-33(24,25)31-34(26,27)30-32(21,22)23/h3,5,9-10,18,20H,6-7H2,1H3,(H,24,25)(H,26,27)(H,15,17,19)(H2,21,22,23)/t9-,10-,12-,13-/m1/s1. The van der Waals surface area contributed by atoms with Crippen LogP contribution in [0, 0.1) is 11.8 Å². The molecule has 17 nitrogen and oxygen atoms in total. The maximum atomic E-state index is 14.1. The van der Waals surface area contributed by atoms with Crippen LogP contribution in [0.3, 0.4) is 0 Å². The second-order valence-electron chi connectivity index (χ2n) is 6.65. The minimum atomic E-state index is -5.90. The number of hydrogen-bond donors (Lipinski definition) is 7. The van der Waals surface area contributed by atoms with E-state index in [-0.39, 0.29) is 0 Å². The summed E-state index contributed by atoms with van der Waals surface area (Å²) in [5.74, 6) is 4.33. The Bertz CT molecular complexity index is 1250. The molecule has 2 rings (SSSR count). The average molecular weight is 554 g/mol. The summed E-state index contributed by atoms with van der Waals surface area (Å²) in [6.45, 7) is -2.08. The number of hydrogen-bond acceptors (Lipinski definition) is 11. The summed E-state index contributed by atoms with van der Waals surface area (Å²) >= 11 is 0. The van der Waals surface area contributed by atoms with Crippen molar-refractivity contribution in [1.82, 2.24) is 9.55 Å². The average Bonchev–Trinajstić information content (AvgIpc) is 2.86. The van der Waals surface area contributed by atoms with E-state index in [0.29, 0.717) is 4.57 Å². The van der Waals surface area contributed by atoms with Crippen molar-refractivity contribution in [3.05, 3.63) is 33.1 Å². The molecule has 7 N–H and O–H groups in total. The number of aromatic amines is 1. The van der Waals surface area contributed by atoms with Crippen molar-refractivity contribution >= 4 is 23.5 Å². The van der Waals surface area contributed by atoms with Gasteiger partial charge in [-0.15, -0.1) is 5.92 Å². The molecule has 1 fully saturated rings. The number of phosphoric ester groups is 1. The van der Waals surface area contributed by atoms with Gasteiger partial charge in [0.05, 0.1) is 6.61 Å². The predicted octanol–water partition coefficient (Wildman–Crippen LogP) is -1.77. The Labute approximate surface area is 188 Å². The van der Waals surface area contributed by atoms with Crippen LogP contribution >= 0.6 is 23.5 Å². The first kappa shape index (κ1) is 28.7. The summed E-state index contributed by atoms with van der Waals surface area (Å²) in [4.78, 5) is 61.1. The van der Waals surface area contributed by atoms with Gasteiger partial charge in [0.2, 0.25) is 0 Å². The number of halogens is 1. The third-order valence-electron chi connectivity index (χ3n) is 4.18. The van der Waals surface area contributed by atoms with Crippen LogP contribution in [0.15, 0.2) is 21.9 Å². The summed E-state index contributed by atoms with van der Waals surface area (Å²) in [7, 11) is -17.3. The normalized spacial score (nSPS) is 30.7. The molecule has 2 heterocycles. The molecule has 0 saturated carbocycles. The molecular formula is C13H18FN2O15P3. The van der Waals surface area contributed by atoms with Crippen molar-refractivity contribution in [3.63, 3.8) is 0 Å². The van der Waals surface area contributed by atoms with Crippen LogP contribution in [0.2, 0.25) is 0 Å². The number of aliphatic hydroxyl groups is 2. The number of nitrogens with zero attached hydrogens (tertiary/aromatic N) is 1. The molecule has 21 heteroatoms. The van der Waals surface area contributed by atoms with Gasteiger partial charge in [-0.3, -0.25) is 18.9 Å². The molecule has 34 heavy (non-hydrogen) atoms. The van der Waals surface area contributed by atoms with E-state index >= 15 is 0 Å². The molecule has 6 atom stereocenters. The summed E-state index contributed by atoms with van der Waals surface area (Å²) in [6, 6.07) is 0.818. The summed E-state index contributed by atoms with van der Waals surface area (Å²) < 4.78 is 65.3. The Hall–Kier alpha value is -1.54. The van der Waals surface area contributed by atoms with Crippen molar-refractivity contribution in [3.8, 4) is 11.8 Å². The molecule has 0 radical (unpaired) electrons. The van der Waals surface area contributed by atoms with Gasteiger partial charge in [-0.25, -0.2) is 22.9 Å². The van der Waals surface area contributed by atoms with E-state index in [1.54, 1.807) is 0 Å². The second kappa shape index (κ2) is 9.84. The molecule has 0 amide bonds. The molecular weight excluding hydrogens is 536 g/mol. The second-order valence-corrected chi connectivity index (χ2v) is 11.1. The lowest BCUT2D eigenvalue weighted by molar-refractivity contribution is -0.137. The molecule has 0 spiro atoms. The first-order chi connectivity index (χ1) is 15.4. The lowest BCUT2D eigenvalue weighted by atomic mass is 9.87. The first-order valence-corrected chi connectivity index (χ1v) is 13.1. The highest BCUT2D eigenvalue weighted by Crippen LogP contribution is 2.66. The van der Waals surface area contributed by atoms with Gasteiger partial charge >= 0.3 is 29.2 Å². The van der Waals surface area contributed by atoms with Gasteiger partial charge in [0, 0.05) is 12.3 Å². The van der Waals surface area contributed by atoms with E-state index in [2.05, 4.69) is 25.0 Å². The first-order valence-electron chi connectivity index (χ1n) is 8.58. The number of aliphatic hydroxyl groups excluding tert-OH is 1. The van der Waals surface area contributed by atoms with E-state index in [0.717, 1.165) is 12.3 Å². The number of alkyl halides is 1. The quantitative estimate of drug-likeness (QED) is 0.132. The molecule has 192 valence electrons. The minimum Gasteiger partial charge on any atom is -0.386 e. The summed E-state index contributed by atoms with van der Waals surface area (Å²) in [5, 5.41) is 21.5. The fourth-order valence-corrected chi connectivity index (χ4v) is 5.95. The van der Waals surface area contributed by atoms with Gasteiger partial charge in [-0.05, 0) is 6.92 Å². The molecule has 0 aromatic carbocycles. The van der Waals surface area contributed by atoms with E-state index in [1.807, 2.05) is 4.98 Å². The van der Waals surface area contributed by atoms with Crippen LogP contribution in [0.25, 0.3) is 0 Å². The van der Waals surface area contributed by atoms with E-state index in [1.165, 1.54) is 6.92 Å². The van der Waals surface area contributed by atoms with Crippen molar-refractivity contribution in [1.29, 1.82) is 0 Å². The van der Waals surface area contributed by atoms with Gasteiger partial charge in [0.15, 0.2) is 17.4 Å². The molecule has 1 aliphatic rings. The number of aromatic nitrogens is 2. The Morgan fingerprint density at radius 1 is 1.21 bits per heavy atom. The van der Waals surface area contributed by atoms with E-state index < -0.39 is 71.5 Å². The van der Waals surface area contributed by atoms with Crippen LogP contribution in [-0.2, 0) is 31.6 Å². The Morgan fingerprint density at radius 3 is 2.32 bits per heavy atom. The van der Waals surface area contributed by atoms with Gasteiger partial charge in [-0.2, -0.15) is 8.62 Å². The SMILES string of the molecule is CC#C[C@@]1(O)[C@H](O)[C@@](CF)(COP(=O)(O)OP(=O)(O)OP(=O)(O)O)O[C@H]1n1ccc(=O)[nH]c1=O. The highest BCUT2D eigenvalue weighted by Gasteiger charge is 2.65. The Morgan fingerprint density at radius 2 is 1.82 bits per heavy atom. The van der Waals surface area contributed by atoms with E-state index in [9.17, 15) is 47.7 Å². The number of nitrogens with one attached hydrogen (secondary N) is 1. The van der Waals surface area contributed by atoms with Crippen LogP contribution in [0.4, 0.5) is 4.39 Å². The maximum Gasteiger partial charge on any atom is 0.490 e. The number of ether oxygens (including phenoxy) is 1. The molecule has 1 saturated heterocycles. The predicted molar refractivity (Wildman–Crippen MR) is 104 cm³/mol. The third kappa shape index (κ3) is 6.36. The van der Waals surface area contributed by atoms with Crippen LogP contribution in [-0.4, -0.2) is 69.9 Å². The lowest BCUT2D eigenvalue weighted by Gasteiger charge is -2.30. The molecule has 0 bridgehead atoms. The zero-order valence-corrected chi connectivity index (χ0v) is 19.4. The molecule has 1 aromatic heterocycles. The topological polar surface area (TPSA) is 264 Å². The van der Waals surface area contributed by atoms with Crippen LogP contribution < -0.4 is 11.2 Å². The van der Waals surface area contributed by atoms with Crippen molar-refractivity contribution in [2.24, 2.45) is 0 Å². The third-order valence-corrected chi connectivity index (χ3v) is 7.96. The number of rotatable bonds is 9. The maximum absolute atomic E-state index is 14.1. The number of H-pyrrole nitrogens is 1. The van der Waals surface area contributed by atoms with Crippen LogP contribution in [0.1, 0.15) is 13.2 Å². The number of phosphoric acid groups is 3. The summed E-state index contributed by atoms with van der Waals surface area (Å²) in [6.07, 6.45) is -3.61. The van der Waals surface area contributed by atoms with Gasteiger partial charge < -0.3 is 34.5 Å². The highest BCUT2D eigenvalue weighted by molar-refractivity contribution is 7.66. The smallest absolute Gasteiger partial charge is 0.386 e.